The number of nitriles is 1. The lowest BCUT2D eigenvalue weighted by atomic mass is 9.97. The molecule has 5 rings (SSSR count). The topological polar surface area (TPSA) is 92.9 Å². The van der Waals surface area contributed by atoms with Crippen molar-refractivity contribution in [3.8, 4) is 34.6 Å². The molecule has 0 saturated carbocycles. The number of aromatic nitrogens is 1. The number of halogens is 1. The van der Waals surface area contributed by atoms with Crippen LogP contribution in [0.5, 0.6) is 17.2 Å². The van der Waals surface area contributed by atoms with Crippen LogP contribution >= 0.6 is 0 Å². The molecule has 4 aromatic rings. The quantitative estimate of drug-likeness (QED) is 0.280. The highest BCUT2D eigenvalue weighted by atomic mass is 19.1. The van der Waals surface area contributed by atoms with Crippen LogP contribution in [0.3, 0.4) is 0 Å². The van der Waals surface area contributed by atoms with Crippen molar-refractivity contribution in [1.29, 1.82) is 5.26 Å². The lowest BCUT2D eigenvalue weighted by Crippen LogP contribution is -2.48. The molecule has 1 atom stereocenters. The number of anilines is 1. The predicted molar refractivity (Wildman–Crippen MR) is 161 cm³/mol. The molecule has 2 heterocycles. The maximum atomic E-state index is 14.7. The first-order valence-corrected chi connectivity index (χ1v) is 13.7. The Morgan fingerprint density at radius 3 is 2.52 bits per heavy atom. The minimum Gasteiger partial charge on any atom is -0.504 e. The van der Waals surface area contributed by atoms with Gasteiger partial charge in [-0.25, -0.2) is 9.37 Å². The summed E-state index contributed by atoms with van der Waals surface area (Å²) < 4.78 is 20.6. The van der Waals surface area contributed by atoms with Crippen molar-refractivity contribution < 1.29 is 19.0 Å². The highest BCUT2D eigenvalue weighted by Gasteiger charge is 2.27. The number of amides is 1. The van der Waals surface area contributed by atoms with Crippen LogP contribution in [0.2, 0.25) is 0 Å². The first-order valence-electron chi connectivity index (χ1n) is 13.7. The molecule has 214 valence electrons. The Labute approximate surface area is 244 Å². The number of phenolic OH excluding ortho intramolecular Hbond substituents is 1. The lowest BCUT2D eigenvalue weighted by Gasteiger charge is -2.37. The smallest absolute Gasteiger partial charge is 0.246 e. The number of benzene rings is 3. The maximum Gasteiger partial charge on any atom is 0.246 e. The molecule has 1 N–H and O–H groups in total. The summed E-state index contributed by atoms with van der Waals surface area (Å²) in [7, 11) is 4.01. The molecule has 1 saturated heterocycles. The van der Waals surface area contributed by atoms with E-state index in [1.807, 2.05) is 44.4 Å². The Balaban J connectivity index is 1.73. The van der Waals surface area contributed by atoms with Gasteiger partial charge >= 0.3 is 0 Å². The Morgan fingerprint density at radius 1 is 1.14 bits per heavy atom. The van der Waals surface area contributed by atoms with E-state index >= 15 is 0 Å². The number of rotatable bonds is 7. The average molecular weight is 566 g/mol. The van der Waals surface area contributed by atoms with Gasteiger partial charge in [-0.15, -0.1) is 0 Å². The Kier molecular flexibility index (Phi) is 8.09. The van der Waals surface area contributed by atoms with E-state index in [4.69, 9.17) is 9.72 Å². The second-order valence-electron chi connectivity index (χ2n) is 10.4. The molecule has 42 heavy (non-hydrogen) atoms. The van der Waals surface area contributed by atoms with Gasteiger partial charge in [-0.3, -0.25) is 4.79 Å². The fourth-order valence-corrected chi connectivity index (χ4v) is 5.20. The molecule has 3 aromatic carbocycles. The highest BCUT2D eigenvalue weighted by Crippen LogP contribution is 2.42. The SMILES string of the molecule is C=CC(=O)N1CCN(c2c(C#N)c(-c3cccc(C(C)N(C)C)c3)nc3c(Oc4c(O)cccc4F)cccc23)CC1. The van der Waals surface area contributed by atoms with Crippen molar-refractivity contribution in [2.45, 2.75) is 13.0 Å². The summed E-state index contributed by atoms with van der Waals surface area (Å²) in [4.78, 5) is 23.1. The number of carbonyl (C=O) groups excluding carboxylic acids is 1. The van der Waals surface area contributed by atoms with Crippen molar-refractivity contribution in [1.82, 2.24) is 14.8 Å². The van der Waals surface area contributed by atoms with Crippen molar-refractivity contribution in [3.05, 3.63) is 90.3 Å². The molecule has 1 unspecified atom stereocenters. The molecular weight excluding hydrogens is 533 g/mol. The number of aromatic hydroxyl groups is 1. The van der Waals surface area contributed by atoms with Gasteiger partial charge in [-0.05, 0) is 56.9 Å². The molecule has 1 amide bonds. The van der Waals surface area contributed by atoms with Crippen LogP contribution in [0.4, 0.5) is 10.1 Å². The van der Waals surface area contributed by atoms with Gasteiger partial charge in [0.1, 0.15) is 17.1 Å². The number of para-hydroxylation sites is 2. The predicted octanol–water partition coefficient (Wildman–Crippen LogP) is 5.87. The van der Waals surface area contributed by atoms with E-state index in [1.165, 1.54) is 24.3 Å². The fourth-order valence-electron chi connectivity index (χ4n) is 5.20. The third-order valence-corrected chi connectivity index (χ3v) is 7.72. The van der Waals surface area contributed by atoms with Crippen LogP contribution in [-0.2, 0) is 4.79 Å². The summed E-state index contributed by atoms with van der Waals surface area (Å²) >= 11 is 0. The number of pyridine rings is 1. The Morgan fingerprint density at radius 2 is 1.86 bits per heavy atom. The number of hydrogen-bond donors (Lipinski definition) is 1. The first-order chi connectivity index (χ1) is 20.2. The molecular formula is C33H32FN5O3. The monoisotopic (exact) mass is 565 g/mol. The first kappa shape index (κ1) is 28.6. The van der Waals surface area contributed by atoms with Crippen molar-refractivity contribution in [2.24, 2.45) is 0 Å². The Bertz CT molecular complexity index is 1690. The van der Waals surface area contributed by atoms with E-state index < -0.39 is 5.82 Å². The molecule has 0 aliphatic carbocycles. The van der Waals surface area contributed by atoms with Gasteiger partial charge in [0.2, 0.25) is 11.7 Å². The summed E-state index contributed by atoms with van der Waals surface area (Å²) in [5.74, 6) is -1.26. The number of phenols is 1. The van der Waals surface area contributed by atoms with Gasteiger partial charge in [-0.1, -0.05) is 43.0 Å². The van der Waals surface area contributed by atoms with E-state index in [1.54, 1.807) is 17.0 Å². The molecule has 8 nitrogen and oxygen atoms in total. The zero-order valence-electron chi connectivity index (χ0n) is 23.8. The third-order valence-electron chi connectivity index (χ3n) is 7.72. The van der Waals surface area contributed by atoms with Gasteiger partial charge in [-0.2, -0.15) is 5.26 Å². The number of piperazine rings is 1. The van der Waals surface area contributed by atoms with E-state index in [2.05, 4.69) is 29.4 Å². The van der Waals surface area contributed by atoms with E-state index in [-0.39, 0.29) is 29.2 Å². The molecule has 0 bridgehead atoms. The zero-order chi connectivity index (χ0) is 30.0. The molecule has 1 fully saturated rings. The largest absolute Gasteiger partial charge is 0.504 e. The van der Waals surface area contributed by atoms with Gasteiger partial charge in [0.15, 0.2) is 17.3 Å². The van der Waals surface area contributed by atoms with Crippen molar-refractivity contribution in [3.63, 3.8) is 0 Å². The van der Waals surface area contributed by atoms with Gasteiger partial charge in [0.25, 0.3) is 0 Å². The van der Waals surface area contributed by atoms with Crippen LogP contribution in [0, 0.1) is 17.1 Å². The molecule has 1 aliphatic heterocycles. The maximum absolute atomic E-state index is 14.7. The van der Waals surface area contributed by atoms with Crippen molar-refractivity contribution >= 4 is 22.5 Å². The Hall–Kier alpha value is -4.94. The summed E-state index contributed by atoms with van der Waals surface area (Å²) in [6.45, 7) is 7.60. The van der Waals surface area contributed by atoms with E-state index in [9.17, 15) is 19.6 Å². The van der Waals surface area contributed by atoms with Gasteiger partial charge < -0.3 is 24.5 Å². The minimum absolute atomic E-state index is 0.119. The minimum atomic E-state index is -0.713. The zero-order valence-corrected chi connectivity index (χ0v) is 23.8. The second-order valence-corrected chi connectivity index (χ2v) is 10.4. The number of ether oxygens (including phenoxy) is 1. The van der Waals surface area contributed by atoms with E-state index in [0.29, 0.717) is 54.0 Å². The fraction of sp³-hybridized carbons (Fsp3) is 0.242. The molecule has 0 spiro atoms. The normalized spacial score (nSPS) is 14.1. The van der Waals surface area contributed by atoms with Crippen LogP contribution in [0.25, 0.3) is 22.2 Å². The highest BCUT2D eigenvalue weighted by molar-refractivity contribution is 6.01. The number of hydrogen-bond acceptors (Lipinski definition) is 7. The summed E-state index contributed by atoms with van der Waals surface area (Å²) in [6.07, 6.45) is 1.31. The summed E-state index contributed by atoms with van der Waals surface area (Å²) in [5.41, 5.74) is 3.75. The van der Waals surface area contributed by atoms with Gasteiger partial charge in [0.05, 0.1) is 11.4 Å². The standard InChI is InChI=1S/C33H32FN5O3/c1-5-29(41)38-15-17-39(18-16-38)32-24-11-7-14-28(42-33-26(34)12-8-13-27(33)40)31(24)36-30(25(32)20-35)23-10-6-9-22(19-23)21(2)37(3)4/h5-14,19,21,40H,1,15-18H2,2-4H3. The molecule has 1 aliphatic rings. The molecule has 9 heteroatoms. The summed E-state index contributed by atoms with van der Waals surface area (Å²) in [6, 6.07) is 19.6. The number of carbonyl (C=O) groups is 1. The van der Waals surface area contributed by atoms with Crippen LogP contribution in [0.15, 0.2) is 73.3 Å². The van der Waals surface area contributed by atoms with Gasteiger partial charge in [0, 0.05) is 43.2 Å². The molecule has 0 radical (unpaired) electrons. The lowest BCUT2D eigenvalue weighted by molar-refractivity contribution is -0.126. The number of fused-ring (bicyclic) bond motifs is 1. The number of nitrogens with zero attached hydrogens (tertiary/aromatic N) is 5. The van der Waals surface area contributed by atoms with Crippen molar-refractivity contribution in [2.75, 3.05) is 45.2 Å². The van der Waals surface area contributed by atoms with E-state index in [0.717, 1.165) is 11.1 Å². The van der Waals surface area contributed by atoms with Crippen LogP contribution in [-0.4, -0.2) is 66.1 Å². The van der Waals surface area contributed by atoms with Crippen LogP contribution in [0.1, 0.15) is 24.1 Å². The molecule has 1 aromatic heterocycles. The second kappa shape index (κ2) is 11.9. The third kappa shape index (κ3) is 5.37. The van der Waals surface area contributed by atoms with Crippen LogP contribution < -0.4 is 9.64 Å². The summed E-state index contributed by atoms with van der Waals surface area (Å²) in [5, 5.41) is 21.5. The average Bonchev–Trinajstić information content (AvgIpc) is 3.01.